The summed E-state index contributed by atoms with van der Waals surface area (Å²) in [6, 6.07) is 30.0. The third kappa shape index (κ3) is 3.29. The zero-order chi connectivity index (χ0) is 23.2. The van der Waals surface area contributed by atoms with Gasteiger partial charge < -0.3 is 0 Å². The van der Waals surface area contributed by atoms with Crippen LogP contribution in [0, 0.1) is 34.0 Å². The van der Waals surface area contributed by atoms with Crippen LogP contribution in [0.5, 0.6) is 0 Å². The zero-order valence-corrected chi connectivity index (χ0v) is 19.2. The van der Waals surface area contributed by atoms with E-state index < -0.39 is 0 Å². The van der Waals surface area contributed by atoms with Crippen molar-refractivity contribution in [3.8, 4) is 39.9 Å². The molecule has 2 aromatic heterocycles. The molecule has 0 aliphatic heterocycles. The molecule has 0 saturated heterocycles. The molecule has 0 atom stereocenters. The molecule has 6 aromatic rings. The molecule has 0 spiro atoms. The third-order valence-electron chi connectivity index (χ3n) is 5.76. The Hall–Kier alpha value is -4.54. The quantitative estimate of drug-likeness (QED) is 0.262. The number of aromatic nitrogens is 1. The van der Waals surface area contributed by atoms with Crippen LogP contribution in [-0.2, 0) is 0 Å². The van der Waals surface area contributed by atoms with Crippen molar-refractivity contribution in [1.82, 2.24) is 4.98 Å². The van der Waals surface area contributed by atoms with Crippen LogP contribution in [0.15, 0.2) is 72.8 Å². The van der Waals surface area contributed by atoms with Gasteiger partial charge in [-0.25, -0.2) is 4.98 Å². The molecule has 6 heteroatoms. The van der Waals surface area contributed by atoms with E-state index in [0.717, 1.165) is 52.1 Å². The normalized spacial score (nSPS) is 10.9. The monoisotopic (exact) mass is 468 g/mol. The lowest BCUT2D eigenvalue weighted by Gasteiger charge is -2.06. The second kappa shape index (κ2) is 7.80. The highest BCUT2D eigenvalue weighted by Gasteiger charge is 2.12. The van der Waals surface area contributed by atoms with Gasteiger partial charge in [-0.2, -0.15) is 15.8 Å². The van der Waals surface area contributed by atoms with Crippen LogP contribution in [0.3, 0.4) is 0 Å². The second-order valence-corrected chi connectivity index (χ2v) is 9.97. The van der Waals surface area contributed by atoms with Crippen molar-refractivity contribution >= 4 is 53.1 Å². The Labute approximate surface area is 202 Å². The molecule has 4 nitrogen and oxygen atoms in total. The lowest BCUT2D eigenvalue weighted by atomic mass is 9.99. The number of rotatable bonds is 2. The van der Waals surface area contributed by atoms with E-state index in [1.165, 1.54) is 11.3 Å². The fourth-order valence-corrected chi connectivity index (χ4v) is 6.30. The van der Waals surface area contributed by atoms with Gasteiger partial charge in [-0.3, -0.25) is 0 Å². The average Bonchev–Trinajstić information content (AvgIpc) is 3.48. The summed E-state index contributed by atoms with van der Waals surface area (Å²) in [6.07, 6.45) is 0. The summed E-state index contributed by atoms with van der Waals surface area (Å²) in [5.41, 5.74) is 5.51. The Morgan fingerprint density at radius 1 is 0.529 bits per heavy atom. The number of nitriles is 3. The second-order valence-electron chi connectivity index (χ2n) is 7.86. The summed E-state index contributed by atoms with van der Waals surface area (Å²) in [5.74, 6) is 0. The Kier molecular flexibility index (Phi) is 4.61. The van der Waals surface area contributed by atoms with Crippen molar-refractivity contribution in [2.24, 2.45) is 0 Å². The number of thiophene rings is 1. The van der Waals surface area contributed by atoms with Gasteiger partial charge in [0.25, 0.3) is 0 Å². The van der Waals surface area contributed by atoms with Gasteiger partial charge in [0.05, 0.1) is 45.1 Å². The SMILES string of the molecule is N#Cc1cc(-c2ccc3c(c2)sc2cc(C#N)ccc23)cc(-c2nc3ccc(C#N)cc3s2)c1. The molecule has 0 N–H and O–H groups in total. The average molecular weight is 469 g/mol. The van der Waals surface area contributed by atoms with E-state index >= 15 is 0 Å². The standard InChI is InChI=1S/C28H12N4S2/c29-13-16-1-4-22-23-5-3-19(12-26(23)33-25(22)9-16)20-7-18(15-31)8-21(11-20)28-32-24-6-2-17(14-30)10-27(24)34-28/h1-12H. The fourth-order valence-electron chi connectivity index (χ4n) is 4.13. The molecular weight excluding hydrogens is 456 g/mol. The Balaban J connectivity index is 1.49. The van der Waals surface area contributed by atoms with Crippen molar-refractivity contribution in [2.75, 3.05) is 0 Å². The summed E-state index contributed by atoms with van der Waals surface area (Å²) < 4.78 is 3.17. The Morgan fingerprint density at radius 2 is 1.18 bits per heavy atom. The molecule has 4 aromatic carbocycles. The molecule has 0 bridgehead atoms. The van der Waals surface area contributed by atoms with Crippen molar-refractivity contribution < 1.29 is 0 Å². The number of hydrogen-bond donors (Lipinski definition) is 0. The Bertz CT molecular complexity index is 1910. The molecule has 0 saturated carbocycles. The summed E-state index contributed by atoms with van der Waals surface area (Å²) in [4.78, 5) is 4.74. The van der Waals surface area contributed by atoms with Gasteiger partial charge in [-0.15, -0.1) is 22.7 Å². The molecule has 2 heterocycles. The topological polar surface area (TPSA) is 84.3 Å². The van der Waals surface area contributed by atoms with Crippen LogP contribution < -0.4 is 0 Å². The molecule has 0 fully saturated rings. The first-order valence-electron chi connectivity index (χ1n) is 10.4. The van der Waals surface area contributed by atoms with Gasteiger partial charge in [0, 0.05) is 25.7 Å². The first-order valence-corrected chi connectivity index (χ1v) is 12.0. The zero-order valence-electron chi connectivity index (χ0n) is 17.5. The van der Waals surface area contributed by atoms with Crippen LogP contribution in [-0.4, -0.2) is 4.98 Å². The van der Waals surface area contributed by atoms with Crippen LogP contribution in [0.2, 0.25) is 0 Å². The lowest BCUT2D eigenvalue weighted by molar-refractivity contribution is 1.45. The van der Waals surface area contributed by atoms with Gasteiger partial charge in [0.2, 0.25) is 0 Å². The number of thiazole rings is 1. The van der Waals surface area contributed by atoms with E-state index in [1.54, 1.807) is 17.4 Å². The van der Waals surface area contributed by atoms with E-state index in [0.29, 0.717) is 16.7 Å². The minimum Gasteiger partial charge on any atom is -0.236 e. The summed E-state index contributed by atoms with van der Waals surface area (Å²) >= 11 is 3.18. The molecule has 0 radical (unpaired) electrons. The summed E-state index contributed by atoms with van der Waals surface area (Å²) in [5, 5.41) is 31.2. The highest BCUT2D eigenvalue weighted by molar-refractivity contribution is 7.25. The minimum atomic E-state index is 0.569. The van der Waals surface area contributed by atoms with Crippen LogP contribution >= 0.6 is 22.7 Å². The molecule has 0 aliphatic rings. The Morgan fingerprint density at radius 3 is 1.94 bits per heavy atom. The van der Waals surface area contributed by atoms with Gasteiger partial charge in [-0.1, -0.05) is 18.2 Å². The van der Waals surface area contributed by atoms with E-state index in [-0.39, 0.29) is 0 Å². The first kappa shape index (κ1) is 20.1. The molecule has 34 heavy (non-hydrogen) atoms. The number of benzene rings is 4. The lowest BCUT2D eigenvalue weighted by Crippen LogP contribution is -1.85. The van der Waals surface area contributed by atoms with Crippen LogP contribution in [0.4, 0.5) is 0 Å². The largest absolute Gasteiger partial charge is 0.236 e. The van der Waals surface area contributed by atoms with Crippen LogP contribution in [0.25, 0.3) is 52.1 Å². The highest BCUT2D eigenvalue weighted by Crippen LogP contribution is 2.38. The first-order chi connectivity index (χ1) is 16.6. The summed E-state index contributed by atoms with van der Waals surface area (Å²) in [7, 11) is 0. The number of fused-ring (bicyclic) bond motifs is 4. The van der Waals surface area contributed by atoms with Crippen molar-refractivity contribution in [2.45, 2.75) is 0 Å². The predicted molar refractivity (Wildman–Crippen MR) is 138 cm³/mol. The highest BCUT2D eigenvalue weighted by atomic mass is 32.1. The summed E-state index contributed by atoms with van der Waals surface area (Å²) in [6.45, 7) is 0. The van der Waals surface area contributed by atoms with Crippen molar-refractivity contribution in [3.05, 3.63) is 89.5 Å². The molecular formula is C28H12N4S2. The molecule has 0 aliphatic carbocycles. The van der Waals surface area contributed by atoms with Crippen molar-refractivity contribution in [3.63, 3.8) is 0 Å². The van der Waals surface area contributed by atoms with E-state index in [2.05, 4.69) is 42.5 Å². The maximum absolute atomic E-state index is 9.68. The molecule has 156 valence electrons. The fraction of sp³-hybridized carbons (Fsp3) is 0. The molecule has 6 rings (SSSR count). The van der Waals surface area contributed by atoms with Gasteiger partial charge in [-0.05, 0) is 65.7 Å². The number of nitrogens with zero attached hydrogens (tertiary/aromatic N) is 4. The maximum Gasteiger partial charge on any atom is 0.124 e. The number of hydrogen-bond acceptors (Lipinski definition) is 6. The molecule has 0 amide bonds. The smallest absolute Gasteiger partial charge is 0.124 e. The van der Waals surface area contributed by atoms with Crippen LogP contribution in [0.1, 0.15) is 16.7 Å². The van der Waals surface area contributed by atoms with E-state index in [1.807, 2.05) is 42.5 Å². The van der Waals surface area contributed by atoms with Crippen molar-refractivity contribution in [1.29, 1.82) is 15.8 Å². The van der Waals surface area contributed by atoms with Gasteiger partial charge >= 0.3 is 0 Å². The third-order valence-corrected chi connectivity index (χ3v) is 7.94. The maximum atomic E-state index is 9.68. The predicted octanol–water partition coefficient (Wildman–Crippen LogP) is 7.61. The van der Waals surface area contributed by atoms with Gasteiger partial charge in [0.15, 0.2) is 0 Å². The van der Waals surface area contributed by atoms with E-state index in [4.69, 9.17) is 4.98 Å². The van der Waals surface area contributed by atoms with E-state index in [9.17, 15) is 15.8 Å². The van der Waals surface area contributed by atoms with Gasteiger partial charge in [0.1, 0.15) is 5.01 Å². The minimum absolute atomic E-state index is 0.569. The molecule has 0 unspecified atom stereocenters.